The van der Waals surface area contributed by atoms with Crippen LogP contribution in [0.2, 0.25) is 0 Å². The van der Waals surface area contributed by atoms with Crippen LogP contribution in [0.5, 0.6) is 0 Å². The molecule has 2 fully saturated rings. The highest BCUT2D eigenvalue weighted by Gasteiger charge is 2.29. The van der Waals surface area contributed by atoms with Gasteiger partial charge in [-0.2, -0.15) is 0 Å². The Kier molecular flexibility index (Phi) is 5.25. The molecule has 2 aliphatic heterocycles. The first-order valence-electron chi connectivity index (χ1n) is 10.2. The number of benzene rings is 1. The number of carbonyl (C=O) groups excluding carboxylic acids is 1. The Morgan fingerprint density at radius 3 is 2.54 bits per heavy atom. The molecule has 0 bridgehead atoms. The molecular weight excluding hydrogens is 324 g/mol. The molecule has 0 aliphatic carbocycles. The van der Waals surface area contributed by atoms with E-state index in [4.69, 9.17) is 4.98 Å². The van der Waals surface area contributed by atoms with Crippen molar-refractivity contribution in [3.63, 3.8) is 0 Å². The summed E-state index contributed by atoms with van der Waals surface area (Å²) >= 11 is 0. The molecular formula is C21H30N4O. The van der Waals surface area contributed by atoms with E-state index in [0.29, 0.717) is 5.91 Å². The number of nitrogens with zero attached hydrogens (tertiary/aromatic N) is 4. The molecule has 3 heterocycles. The van der Waals surface area contributed by atoms with Gasteiger partial charge in [0.05, 0.1) is 17.6 Å². The quantitative estimate of drug-likeness (QED) is 0.846. The minimum atomic E-state index is 0.231. The number of imidazole rings is 1. The molecule has 2 saturated heterocycles. The van der Waals surface area contributed by atoms with Crippen molar-refractivity contribution in [1.29, 1.82) is 0 Å². The van der Waals surface area contributed by atoms with Crippen LogP contribution in [-0.2, 0) is 17.9 Å². The molecule has 1 aromatic heterocycles. The van der Waals surface area contributed by atoms with Gasteiger partial charge in [-0.15, -0.1) is 0 Å². The molecule has 1 amide bonds. The maximum absolute atomic E-state index is 12.7. The molecule has 4 rings (SSSR count). The number of aromatic nitrogens is 2. The highest BCUT2D eigenvalue weighted by molar-refractivity contribution is 5.79. The van der Waals surface area contributed by atoms with Gasteiger partial charge < -0.3 is 9.47 Å². The van der Waals surface area contributed by atoms with Crippen LogP contribution in [0.4, 0.5) is 0 Å². The second kappa shape index (κ2) is 7.78. The van der Waals surface area contributed by atoms with Crippen LogP contribution in [0, 0.1) is 5.92 Å². The summed E-state index contributed by atoms with van der Waals surface area (Å²) in [6.45, 7) is 7.95. The Balaban J connectivity index is 1.37. The van der Waals surface area contributed by atoms with Crippen molar-refractivity contribution < 1.29 is 4.79 Å². The average Bonchev–Trinajstić information content (AvgIpc) is 3.05. The SMILES string of the molecule is CCn1c(CN2CCC(C(=O)N3CCCCC3)CC2)nc2ccccc21. The molecule has 0 unspecified atom stereocenters. The van der Waals surface area contributed by atoms with Gasteiger partial charge in [-0.05, 0) is 64.3 Å². The fourth-order valence-corrected chi connectivity index (χ4v) is 4.51. The molecule has 140 valence electrons. The highest BCUT2D eigenvalue weighted by Crippen LogP contribution is 2.24. The van der Waals surface area contributed by atoms with Crippen LogP contribution in [0.25, 0.3) is 11.0 Å². The Morgan fingerprint density at radius 2 is 1.81 bits per heavy atom. The molecule has 0 spiro atoms. The zero-order valence-corrected chi connectivity index (χ0v) is 15.9. The molecule has 0 radical (unpaired) electrons. The van der Waals surface area contributed by atoms with Gasteiger partial charge in [0.15, 0.2) is 0 Å². The Labute approximate surface area is 156 Å². The second-order valence-corrected chi connectivity index (χ2v) is 7.70. The predicted octanol–water partition coefficient (Wildman–Crippen LogP) is 3.28. The van der Waals surface area contributed by atoms with Crippen LogP contribution < -0.4 is 0 Å². The fourth-order valence-electron chi connectivity index (χ4n) is 4.51. The summed E-state index contributed by atoms with van der Waals surface area (Å²) in [7, 11) is 0. The fraction of sp³-hybridized carbons (Fsp3) is 0.619. The highest BCUT2D eigenvalue weighted by atomic mass is 16.2. The van der Waals surface area contributed by atoms with Crippen LogP contribution >= 0.6 is 0 Å². The minimum absolute atomic E-state index is 0.231. The smallest absolute Gasteiger partial charge is 0.225 e. The lowest BCUT2D eigenvalue weighted by Gasteiger charge is -2.35. The zero-order chi connectivity index (χ0) is 17.9. The topological polar surface area (TPSA) is 41.4 Å². The number of rotatable bonds is 4. The number of para-hydroxylation sites is 2. The maximum atomic E-state index is 12.7. The van der Waals surface area contributed by atoms with Crippen LogP contribution in [-0.4, -0.2) is 51.4 Å². The monoisotopic (exact) mass is 354 g/mol. The van der Waals surface area contributed by atoms with E-state index in [2.05, 4.69) is 45.6 Å². The van der Waals surface area contributed by atoms with Crippen molar-refractivity contribution in [3.8, 4) is 0 Å². The van der Waals surface area contributed by atoms with E-state index in [9.17, 15) is 4.79 Å². The number of hydrogen-bond donors (Lipinski definition) is 0. The Hall–Kier alpha value is -1.88. The van der Waals surface area contributed by atoms with Crippen molar-refractivity contribution in [3.05, 3.63) is 30.1 Å². The summed E-state index contributed by atoms with van der Waals surface area (Å²) in [6, 6.07) is 8.38. The van der Waals surface area contributed by atoms with E-state index >= 15 is 0 Å². The third kappa shape index (κ3) is 3.50. The van der Waals surface area contributed by atoms with Gasteiger partial charge in [-0.25, -0.2) is 4.98 Å². The first-order chi connectivity index (χ1) is 12.8. The van der Waals surface area contributed by atoms with E-state index < -0.39 is 0 Å². The number of piperidine rings is 2. The number of likely N-dealkylation sites (tertiary alicyclic amines) is 2. The van der Waals surface area contributed by atoms with Gasteiger partial charge in [0.2, 0.25) is 5.91 Å². The van der Waals surface area contributed by atoms with Gasteiger partial charge >= 0.3 is 0 Å². The molecule has 0 N–H and O–H groups in total. The predicted molar refractivity (Wildman–Crippen MR) is 104 cm³/mol. The average molecular weight is 354 g/mol. The lowest BCUT2D eigenvalue weighted by molar-refractivity contribution is -0.138. The lowest BCUT2D eigenvalue weighted by atomic mass is 9.94. The molecule has 2 aromatic rings. The second-order valence-electron chi connectivity index (χ2n) is 7.70. The van der Waals surface area contributed by atoms with Gasteiger partial charge in [0.25, 0.3) is 0 Å². The van der Waals surface area contributed by atoms with E-state index in [0.717, 1.165) is 63.5 Å². The van der Waals surface area contributed by atoms with Gasteiger partial charge in [-0.3, -0.25) is 9.69 Å². The normalized spacial score (nSPS) is 20.0. The summed E-state index contributed by atoms with van der Waals surface area (Å²) in [5.41, 5.74) is 2.31. The Bertz CT molecular complexity index is 754. The summed E-state index contributed by atoms with van der Waals surface area (Å²) in [6.07, 6.45) is 5.61. The summed E-state index contributed by atoms with van der Waals surface area (Å²) < 4.78 is 2.32. The molecule has 0 atom stereocenters. The zero-order valence-electron chi connectivity index (χ0n) is 15.9. The molecule has 1 aromatic carbocycles. The first kappa shape index (κ1) is 17.5. The number of hydrogen-bond acceptors (Lipinski definition) is 3. The first-order valence-corrected chi connectivity index (χ1v) is 10.2. The molecule has 5 heteroatoms. The summed E-state index contributed by atoms with van der Waals surface area (Å²) in [5.74, 6) is 1.79. The van der Waals surface area contributed by atoms with Crippen LogP contribution in [0.15, 0.2) is 24.3 Å². The van der Waals surface area contributed by atoms with Gasteiger partial charge in [-0.1, -0.05) is 12.1 Å². The Morgan fingerprint density at radius 1 is 1.08 bits per heavy atom. The van der Waals surface area contributed by atoms with Crippen molar-refractivity contribution in [2.75, 3.05) is 26.2 Å². The van der Waals surface area contributed by atoms with E-state index in [1.54, 1.807) is 0 Å². The number of carbonyl (C=O) groups is 1. The van der Waals surface area contributed by atoms with Gasteiger partial charge in [0, 0.05) is 25.6 Å². The van der Waals surface area contributed by atoms with Crippen molar-refractivity contribution in [2.45, 2.75) is 52.1 Å². The van der Waals surface area contributed by atoms with Crippen molar-refractivity contribution in [2.24, 2.45) is 5.92 Å². The third-order valence-electron chi connectivity index (χ3n) is 6.02. The van der Waals surface area contributed by atoms with E-state index in [1.807, 2.05) is 0 Å². The molecule has 26 heavy (non-hydrogen) atoms. The van der Waals surface area contributed by atoms with E-state index in [1.165, 1.54) is 24.8 Å². The number of fused-ring (bicyclic) bond motifs is 1. The molecule has 5 nitrogen and oxygen atoms in total. The van der Waals surface area contributed by atoms with Crippen molar-refractivity contribution >= 4 is 16.9 Å². The van der Waals surface area contributed by atoms with Crippen LogP contribution in [0.1, 0.15) is 44.9 Å². The number of aryl methyl sites for hydroxylation is 1. The lowest BCUT2D eigenvalue weighted by Crippen LogP contribution is -2.44. The van der Waals surface area contributed by atoms with Crippen molar-refractivity contribution in [1.82, 2.24) is 19.4 Å². The maximum Gasteiger partial charge on any atom is 0.225 e. The van der Waals surface area contributed by atoms with E-state index in [-0.39, 0.29) is 5.92 Å². The number of amides is 1. The summed E-state index contributed by atoms with van der Waals surface area (Å²) in [5, 5.41) is 0. The van der Waals surface area contributed by atoms with Crippen LogP contribution in [0.3, 0.4) is 0 Å². The minimum Gasteiger partial charge on any atom is -0.342 e. The van der Waals surface area contributed by atoms with Gasteiger partial charge in [0.1, 0.15) is 5.82 Å². The molecule has 0 saturated carbocycles. The standard InChI is InChI=1S/C21H30N4O/c1-2-25-19-9-5-4-8-18(19)22-20(25)16-23-14-10-17(11-15-23)21(26)24-12-6-3-7-13-24/h4-5,8-9,17H,2-3,6-7,10-16H2,1H3. The summed E-state index contributed by atoms with van der Waals surface area (Å²) in [4.78, 5) is 22.2. The third-order valence-corrected chi connectivity index (χ3v) is 6.02. The molecule has 2 aliphatic rings. The largest absolute Gasteiger partial charge is 0.342 e.